The van der Waals surface area contributed by atoms with Crippen LogP contribution in [0.3, 0.4) is 0 Å². The molecule has 0 aliphatic rings. The highest BCUT2D eigenvalue weighted by Gasteiger charge is 2.28. The molecule has 0 radical (unpaired) electrons. The van der Waals surface area contributed by atoms with Crippen molar-refractivity contribution in [2.75, 3.05) is 0 Å². The van der Waals surface area contributed by atoms with Crippen molar-refractivity contribution in [1.29, 1.82) is 0 Å². The Kier molecular flexibility index (Phi) is 4.62. The van der Waals surface area contributed by atoms with Crippen molar-refractivity contribution in [3.05, 3.63) is 47.1 Å². The second-order valence-corrected chi connectivity index (χ2v) is 6.80. The minimum absolute atomic E-state index is 0.0167. The fourth-order valence-electron chi connectivity index (χ4n) is 1.85. The fraction of sp³-hybridized carbons (Fsp3) is 0.167. The molecule has 0 aliphatic heterocycles. The normalized spacial score (nSPS) is 13.0. The summed E-state index contributed by atoms with van der Waals surface area (Å²) in [5.41, 5.74) is 6.30. The van der Waals surface area contributed by atoms with E-state index in [1.54, 1.807) is 24.3 Å². The van der Waals surface area contributed by atoms with Gasteiger partial charge in [0.05, 0.1) is 22.2 Å². The molecule has 1 atom stereocenters. The summed E-state index contributed by atoms with van der Waals surface area (Å²) in [5, 5.41) is 3.70. The first-order chi connectivity index (χ1) is 9.83. The van der Waals surface area contributed by atoms with E-state index in [9.17, 15) is 8.42 Å². The molecule has 21 heavy (non-hydrogen) atoms. The van der Waals surface area contributed by atoms with Gasteiger partial charge in [0.25, 0.3) is 10.0 Å². The fourth-order valence-corrected chi connectivity index (χ4v) is 3.98. The molecule has 2 rings (SSSR count). The third kappa shape index (κ3) is 3.41. The smallest absolute Gasteiger partial charge is 0.260 e. The van der Waals surface area contributed by atoms with Crippen LogP contribution in [-0.2, 0) is 17.1 Å². The van der Waals surface area contributed by atoms with Crippen molar-refractivity contribution in [1.82, 2.24) is 14.5 Å². The molecule has 0 saturated heterocycles. The average Bonchev–Trinajstić information content (AvgIpc) is 2.77. The lowest BCUT2D eigenvalue weighted by molar-refractivity contribution is 0.559. The maximum absolute atomic E-state index is 12.5. The molecule has 0 bridgehead atoms. The number of hydrogen-bond donors (Lipinski definition) is 2. The molecule has 0 fully saturated rings. The Bertz CT molecular complexity index is 739. The minimum atomic E-state index is -3.92. The number of nitrogens with zero attached hydrogens (tertiary/aromatic N) is 2. The third-order valence-corrected chi connectivity index (χ3v) is 4.95. The lowest BCUT2D eigenvalue weighted by atomic mass is 10.1. The molecule has 0 spiro atoms. The Hall–Kier alpha value is -1.48. The van der Waals surface area contributed by atoms with Crippen molar-refractivity contribution in [3.8, 4) is 0 Å². The molecule has 1 aromatic carbocycles. The SMILES string of the molecule is Cn1ncc(Cl)c1S(=O)(=O)NC(C(N)=S)c1ccccc1. The number of rotatable bonds is 5. The number of halogens is 1. The Morgan fingerprint density at radius 2 is 2.05 bits per heavy atom. The van der Waals surface area contributed by atoms with Crippen LogP contribution in [-0.4, -0.2) is 23.2 Å². The summed E-state index contributed by atoms with van der Waals surface area (Å²) in [6.07, 6.45) is 1.26. The van der Waals surface area contributed by atoms with Crippen LogP contribution in [0.4, 0.5) is 0 Å². The molecular formula is C12H13ClN4O2S2. The van der Waals surface area contributed by atoms with Gasteiger partial charge in [0.15, 0.2) is 5.03 Å². The zero-order valence-corrected chi connectivity index (χ0v) is 13.4. The second kappa shape index (κ2) is 6.10. The molecule has 0 saturated carbocycles. The van der Waals surface area contributed by atoms with Crippen LogP contribution in [0.1, 0.15) is 11.6 Å². The predicted octanol–water partition coefficient (Wildman–Crippen LogP) is 1.38. The lowest BCUT2D eigenvalue weighted by Gasteiger charge is -2.18. The monoisotopic (exact) mass is 344 g/mol. The Balaban J connectivity index is 2.40. The molecule has 1 aromatic heterocycles. The van der Waals surface area contributed by atoms with Gasteiger partial charge < -0.3 is 5.73 Å². The maximum Gasteiger partial charge on any atom is 0.260 e. The highest BCUT2D eigenvalue weighted by Crippen LogP contribution is 2.22. The molecule has 1 heterocycles. The number of nitrogens with one attached hydrogen (secondary N) is 1. The van der Waals surface area contributed by atoms with E-state index in [2.05, 4.69) is 9.82 Å². The predicted molar refractivity (Wildman–Crippen MR) is 84.5 cm³/mol. The topological polar surface area (TPSA) is 90.0 Å². The van der Waals surface area contributed by atoms with Crippen LogP contribution in [0.2, 0.25) is 5.02 Å². The molecule has 0 aliphatic carbocycles. The van der Waals surface area contributed by atoms with E-state index >= 15 is 0 Å². The van der Waals surface area contributed by atoms with Crippen LogP contribution < -0.4 is 10.5 Å². The van der Waals surface area contributed by atoms with Crippen LogP contribution in [0.25, 0.3) is 0 Å². The first-order valence-electron chi connectivity index (χ1n) is 5.87. The molecule has 2 aromatic rings. The average molecular weight is 345 g/mol. The number of hydrogen-bond acceptors (Lipinski definition) is 4. The molecule has 0 amide bonds. The van der Waals surface area contributed by atoms with E-state index < -0.39 is 16.1 Å². The van der Waals surface area contributed by atoms with Crippen molar-refractivity contribution in [3.63, 3.8) is 0 Å². The third-order valence-electron chi connectivity index (χ3n) is 2.79. The van der Waals surface area contributed by atoms with Crippen molar-refractivity contribution in [2.24, 2.45) is 12.8 Å². The van der Waals surface area contributed by atoms with E-state index in [0.717, 1.165) is 0 Å². The van der Waals surface area contributed by atoms with Crippen molar-refractivity contribution in [2.45, 2.75) is 11.1 Å². The van der Waals surface area contributed by atoms with Gasteiger partial charge in [0, 0.05) is 7.05 Å². The van der Waals surface area contributed by atoms with E-state index in [1.807, 2.05) is 6.07 Å². The summed E-state index contributed by atoms with van der Waals surface area (Å²) < 4.78 is 28.5. The Morgan fingerprint density at radius 1 is 1.43 bits per heavy atom. The van der Waals surface area contributed by atoms with Crippen LogP contribution in [0, 0.1) is 0 Å². The first-order valence-corrected chi connectivity index (χ1v) is 8.14. The largest absolute Gasteiger partial charge is 0.392 e. The van der Waals surface area contributed by atoms with Gasteiger partial charge in [-0.3, -0.25) is 4.68 Å². The molecule has 3 N–H and O–H groups in total. The first kappa shape index (κ1) is 15.9. The second-order valence-electron chi connectivity index (χ2n) is 4.29. The Morgan fingerprint density at radius 3 is 2.52 bits per heavy atom. The van der Waals surface area contributed by atoms with E-state index in [-0.39, 0.29) is 15.0 Å². The van der Waals surface area contributed by atoms with Gasteiger partial charge >= 0.3 is 0 Å². The van der Waals surface area contributed by atoms with Crippen LogP contribution >= 0.6 is 23.8 Å². The van der Waals surface area contributed by atoms with Gasteiger partial charge in [-0.05, 0) is 5.56 Å². The zero-order chi connectivity index (χ0) is 15.6. The number of nitrogens with two attached hydrogens (primary N) is 1. The van der Waals surface area contributed by atoms with Gasteiger partial charge in [-0.15, -0.1) is 0 Å². The summed E-state index contributed by atoms with van der Waals surface area (Å²) in [5.74, 6) is 0. The van der Waals surface area contributed by atoms with Crippen LogP contribution in [0.5, 0.6) is 0 Å². The maximum atomic E-state index is 12.5. The molecular weight excluding hydrogens is 332 g/mol. The summed E-state index contributed by atoms with van der Waals surface area (Å²) in [4.78, 5) is 0.0167. The molecule has 9 heteroatoms. The van der Waals surface area contributed by atoms with Crippen molar-refractivity contribution < 1.29 is 8.42 Å². The molecule has 112 valence electrons. The summed E-state index contributed by atoms with van der Waals surface area (Å²) in [6, 6.07) is 8.00. The quantitative estimate of drug-likeness (QED) is 0.800. The number of aromatic nitrogens is 2. The van der Waals surface area contributed by atoms with Crippen molar-refractivity contribution >= 4 is 38.8 Å². The van der Waals surface area contributed by atoms with E-state index in [4.69, 9.17) is 29.6 Å². The van der Waals surface area contributed by atoms with Crippen LogP contribution in [0.15, 0.2) is 41.6 Å². The summed E-state index contributed by atoms with van der Waals surface area (Å²) >= 11 is 10.8. The van der Waals surface area contributed by atoms with Gasteiger partial charge in [-0.25, -0.2) is 8.42 Å². The van der Waals surface area contributed by atoms with Gasteiger partial charge in [0.1, 0.15) is 0 Å². The standard InChI is InChI=1S/C12H13ClN4O2S2/c1-17-12(9(13)7-15-17)21(18,19)16-10(11(14)20)8-5-3-2-4-6-8/h2-7,10,16H,1H3,(H2,14,20). The number of sulfonamides is 1. The van der Waals surface area contributed by atoms with Gasteiger partial charge in [-0.2, -0.15) is 9.82 Å². The highest BCUT2D eigenvalue weighted by atomic mass is 35.5. The number of aryl methyl sites for hydroxylation is 1. The summed E-state index contributed by atoms with van der Waals surface area (Å²) in [7, 11) is -2.43. The van der Waals surface area contributed by atoms with E-state index in [0.29, 0.717) is 5.56 Å². The number of benzene rings is 1. The van der Waals surface area contributed by atoms with Gasteiger partial charge in [-0.1, -0.05) is 54.2 Å². The van der Waals surface area contributed by atoms with Gasteiger partial charge in [0.2, 0.25) is 0 Å². The zero-order valence-electron chi connectivity index (χ0n) is 11.0. The molecule has 6 nitrogen and oxygen atoms in total. The van der Waals surface area contributed by atoms with E-state index in [1.165, 1.54) is 17.9 Å². The summed E-state index contributed by atoms with van der Waals surface area (Å²) in [6.45, 7) is 0. The highest BCUT2D eigenvalue weighted by molar-refractivity contribution is 7.89. The lowest BCUT2D eigenvalue weighted by Crippen LogP contribution is -2.37. The molecule has 1 unspecified atom stereocenters. The Labute approximate surface area is 133 Å². The number of thiocarbonyl (C=S) groups is 1. The minimum Gasteiger partial charge on any atom is -0.392 e.